The molecular formula is C19H30FIN4O. The fourth-order valence-corrected chi connectivity index (χ4v) is 3.24. The van der Waals surface area contributed by atoms with Crippen molar-refractivity contribution in [3.63, 3.8) is 0 Å². The number of nitrogens with one attached hydrogen (secondary N) is 2. The first-order valence-corrected chi connectivity index (χ1v) is 9.30. The number of halogens is 2. The number of rotatable bonds is 7. The fourth-order valence-electron chi connectivity index (χ4n) is 3.24. The molecule has 1 aliphatic carbocycles. The molecule has 1 aromatic carbocycles. The predicted molar refractivity (Wildman–Crippen MR) is 114 cm³/mol. The van der Waals surface area contributed by atoms with E-state index in [1.54, 1.807) is 12.1 Å². The zero-order valence-electron chi connectivity index (χ0n) is 15.5. The van der Waals surface area contributed by atoms with E-state index in [-0.39, 0.29) is 35.2 Å². The Morgan fingerprint density at radius 2 is 2.04 bits per heavy atom. The summed E-state index contributed by atoms with van der Waals surface area (Å²) in [6.07, 6.45) is 2.15. The van der Waals surface area contributed by atoms with Crippen LogP contribution in [0.2, 0.25) is 0 Å². The number of ether oxygens (including phenoxy) is 1. The molecule has 26 heavy (non-hydrogen) atoms. The van der Waals surface area contributed by atoms with Crippen LogP contribution in [0.3, 0.4) is 0 Å². The van der Waals surface area contributed by atoms with E-state index in [1.807, 2.05) is 6.07 Å². The van der Waals surface area contributed by atoms with E-state index in [9.17, 15) is 4.39 Å². The molecule has 3 rings (SSSR count). The Hall–Kier alpha value is -0.930. The summed E-state index contributed by atoms with van der Waals surface area (Å²) in [6, 6.07) is 6.96. The normalized spacial score (nSPS) is 19.5. The molecule has 5 nitrogen and oxygen atoms in total. The van der Waals surface area contributed by atoms with Crippen molar-refractivity contribution in [1.82, 2.24) is 15.5 Å². The number of hydrogen-bond acceptors (Lipinski definition) is 3. The van der Waals surface area contributed by atoms with E-state index in [0.717, 1.165) is 70.3 Å². The molecule has 0 amide bonds. The van der Waals surface area contributed by atoms with Crippen LogP contribution in [0.15, 0.2) is 29.3 Å². The van der Waals surface area contributed by atoms with Gasteiger partial charge < -0.3 is 15.4 Å². The molecule has 0 unspecified atom stereocenters. The van der Waals surface area contributed by atoms with Crippen molar-refractivity contribution < 1.29 is 9.13 Å². The van der Waals surface area contributed by atoms with Gasteiger partial charge in [0.15, 0.2) is 5.96 Å². The van der Waals surface area contributed by atoms with Crippen LogP contribution < -0.4 is 10.6 Å². The van der Waals surface area contributed by atoms with Gasteiger partial charge in [0.25, 0.3) is 0 Å². The Morgan fingerprint density at radius 1 is 1.27 bits per heavy atom. The zero-order valence-corrected chi connectivity index (χ0v) is 17.8. The van der Waals surface area contributed by atoms with Gasteiger partial charge in [-0.15, -0.1) is 24.0 Å². The maximum atomic E-state index is 13.5. The summed E-state index contributed by atoms with van der Waals surface area (Å²) in [7, 11) is 0. The van der Waals surface area contributed by atoms with Gasteiger partial charge in [0, 0.05) is 38.1 Å². The summed E-state index contributed by atoms with van der Waals surface area (Å²) in [6.45, 7) is 9.09. The highest BCUT2D eigenvalue weighted by Gasteiger charge is 2.44. The van der Waals surface area contributed by atoms with Crippen molar-refractivity contribution in [2.45, 2.75) is 25.2 Å². The number of hydrogen-bond donors (Lipinski definition) is 2. The lowest BCUT2D eigenvalue weighted by molar-refractivity contribution is 0.0389. The third-order valence-corrected chi connectivity index (χ3v) is 5.00. The number of guanidine groups is 1. The molecule has 2 aliphatic rings. The fraction of sp³-hybridized carbons (Fsp3) is 0.632. The number of morpholine rings is 1. The molecule has 0 atom stereocenters. The number of aliphatic imine (C=N–C) groups is 1. The second kappa shape index (κ2) is 10.4. The van der Waals surface area contributed by atoms with Crippen LogP contribution in [-0.4, -0.2) is 63.3 Å². The monoisotopic (exact) mass is 476 g/mol. The van der Waals surface area contributed by atoms with E-state index in [1.165, 1.54) is 6.07 Å². The Balaban J connectivity index is 0.00000243. The van der Waals surface area contributed by atoms with Gasteiger partial charge in [-0.2, -0.15) is 0 Å². The third kappa shape index (κ3) is 6.06. The van der Waals surface area contributed by atoms with Crippen molar-refractivity contribution in [2.24, 2.45) is 4.99 Å². The van der Waals surface area contributed by atoms with E-state index in [0.29, 0.717) is 6.54 Å². The van der Waals surface area contributed by atoms with Gasteiger partial charge in [0.05, 0.1) is 19.8 Å². The number of benzene rings is 1. The van der Waals surface area contributed by atoms with Crippen LogP contribution in [-0.2, 0) is 10.2 Å². The Morgan fingerprint density at radius 3 is 2.69 bits per heavy atom. The highest BCUT2D eigenvalue weighted by molar-refractivity contribution is 14.0. The van der Waals surface area contributed by atoms with Crippen molar-refractivity contribution in [1.29, 1.82) is 0 Å². The van der Waals surface area contributed by atoms with Gasteiger partial charge >= 0.3 is 0 Å². The summed E-state index contributed by atoms with van der Waals surface area (Å²) < 4.78 is 18.9. The van der Waals surface area contributed by atoms with Gasteiger partial charge in [-0.25, -0.2) is 4.39 Å². The molecule has 2 N–H and O–H groups in total. The van der Waals surface area contributed by atoms with E-state index in [2.05, 4.69) is 22.5 Å². The minimum atomic E-state index is -0.164. The Labute approximate surface area is 172 Å². The van der Waals surface area contributed by atoms with E-state index in [4.69, 9.17) is 9.73 Å². The lowest BCUT2D eigenvalue weighted by Gasteiger charge is -2.26. The highest BCUT2D eigenvalue weighted by Crippen LogP contribution is 2.48. The SMILES string of the molecule is CCNC(=NCC1(c2cccc(F)c2)CC1)NCCN1CCOCC1.I. The van der Waals surface area contributed by atoms with E-state index < -0.39 is 0 Å². The molecule has 0 radical (unpaired) electrons. The minimum Gasteiger partial charge on any atom is -0.379 e. The van der Waals surface area contributed by atoms with Crippen LogP contribution in [0.5, 0.6) is 0 Å². The molecule has 0 spiro atoms. The average Bonchev–Trinajstić information content (AvgIpc) is 3.42. The second-order valence-corrected chi connectivity index (χ2v) is 6.87. The molecular weight excluding hydrogens is 446 g/mol. The molecule has 0 aromatic heterocycles. The topological polar surface area (TPSA) is 48.9 Å². The van der Waals surface area contributed by atoms with Crippen molar-refractivity contribution in [3.05, 3.63) is 35.6 Å². The molecule has 1 heterocycles. The Bertz CT molecular complexity index is 589. The summed E-state index contributed by atoms with van der Waals surface area (Å²) in [4.78, 5) is 7.16. The van der Waals surface area contributed by atoms with Gasteiger partial charge in [-0.1, -0.05) is 12.1 Å². The van der Waals surface area contributed by atoms with Gasteiger partial charge in [0.1, 0.15) is 5.82 Å². The lowest BCUT2D eigenvalue weighted by atomic mass is 9.96. The maximum absolute atomic E-state index is 13.5. The average molecular weight is 476 g/mol. The zero-order chi connectivity index (χ0) is 17.5. The molecule has 146 valence electrons. The molecule has 0 bridgehead atoms. The summed E-state index contributed by atoms with van der Waals surface area (Å²) in [5.41, 5.74) is 1.09. The molecule has 7 heteroatoms. The highest BCUT2D eigenvalue weighted by atomic mass is 127. The van der Waals surface area contributed by atoms with E-state index >= 15 is 0 Å². The maximum Gasteiger partial charge on any atom is 0.191 e. The van der Waals surface area contributed by atoms with Crippen LogP contribution in [0.25, 0.3) is 0 Å². The standard InChI is InChI=1S/C19H29FN4O.HI/c1-2-21-18(22-8-9-24-10-12-25-13-11-24)23-15-19(6-7-19)16-4-3-5-17(20)14-16;/h3-5,14H,2,6-13,15H2,1H3,(H2,21,22,23);1H. The second-order valence-electron chi connectivity index (χ2n) is 6.87. The quantitative estimate of drug-likeness (QED) is 0.361. The van der Waals surface area contributed by atoms with Crippen molar-refractivity contribution in [2.75, 3.05) is 52.5 Å². The summed E-state index contributed by atoms with van der Waals surface area (Å²) in [5.74, 6) is 0.682. The van der Waals surface area contributed by atoms with Crippen LogP contribution in [0.1, 0.15) is 25.3 Å². The van der Waals surface area contributed by atoms with Gasteiger partial charge in [-0.3, -0.25) is 9.89 Å². The lowest BCUT2D eigenvalue weighted by Crippen LogP contribution is -2.44. The molecule has 2 fully saturated rings. The molecule has 1 saturated heterocycles. The largest absolute Gasteiger partial charge is 0.379 e. The predicted octanol–water partition coefficient (Wildman–Crippen LogP) is 2.36. The van der Waals surface area contributed by atoms with Crippen LogP contribution in [0, 0.1) is 5.82 Å². The first kappa shape index (κ1) is 21.4. The molecule has 1 aromatic rings. The Kier molecular flexibility index (Phi) is 8.56. The number of nitrogens with zero attached hydrogens (tertiary/aromatic N) is 2. The molecule has 1 saturated carbocycles. The molecule has 1 aliphatic heterocycles. The van der Waals surface area contributed by atoms with Gasteiger partial charge in [-0.05, 0) is 37.5 Å². The van der Waals surface area contributed by atoms with Crippen LogP contribution >= 0.6 is 24.0 Å². The summed E-state index contributed by atoms with van der Waals surface area (Å²) in [5, 5.41) is 6.72. The first-order chi connectivity index (χ1) is 12.2. The van der Waals surface area contributed by atoms with Crippen molar-refractivity contribution >= 4 is 29.9 Å². The van der Waals surface area contributed by atoms with Crippen LogP contribution in [0.4, 0.5) is 4.39 Å². The minimum absolute atomic E-state index is 0. The van der Waals surface area contributed by atoms with Gasteiger partial charge in [0.2, 0.25) is 0 Å². The smallest absolute Gasteiger partial charge is 0.191 e. The summed E-state index contributed by atoms with van der Waals surface area (Å²) >= 11 is 0. The third-order valence-electron chi connectivity index (χ3n) is 5.00. The first-order valence-electron chi connectivity index (χ1n) is 9.30. The van der Waals surface area contributed by atoms with Crippen molar-refractivity contribution in [3.8, 4) is 0 Å².